The molecule has 0 fully saturated rings. The summed E-state index contributed by atoms with van der Waals surface area (Å²) in [5, 5.41) is 9.92. The van der Waals surface area contributed by atoms with E-state index >= 15 is 0 Å². The van der Waals surface area contributed by atoms with E-state index in [1.165, 1.54) is 0 Å². The van der Waals surface area contributed by atoms with Gasteiger partial charge in [0.1, 0.15) is 6.61 Å². The molecule has 0 bridgehead atoms. The molecule has 14 heavy (non-hydrogen) atoms. The average Bonchev–Trinajstić information content (AvgIpc) is 1.96. The lowest BCUT2D eigenvalue weighted by Crippen LogP contribution is -2.27. The molecule has 80 valence electrons. The van der Waals surface area contributed by atoms with E-state index in [2.05, 4.69) is 11.3 Å². The van der Waals surface area contributed by atoms with Crippen LogP contribution in [0.3, 0.4) is 0 Å². The summed E-state index contributed by atoms with van der Waals surface area (Å²) < 4.78 is 38.3. The molecule has 0 radical (unpaired) electrons. The molecule has 0 unspecified atom stereocenters. The van der Waals surface area contributed by atoms with Gasteiger partial charge < -0.3 is 14.6 Å². The highest BCUT2D eigenvalue weighted by Crippen LogP contribution is 2.16. The molecule has 0 atom stereocenters. The van der Waals surface area contributed by atoms with Crippen molar-refractivity contribution < 1.29 is 32.6 Å². The van der Waals surface area contributed by atoms with Gasteiger partial charge in [-0.1, -0.05) is 6.58 Å². The van der Waals surface area contributed by atoms with E-state index in [0.29, 0.717) is 0 Å². The van der Waals surface area contributed by atoms with Crippen LogP contribution in [0.2, 0.25) is 0 Å². The van der Waals surface area contributed by atoms with Crippen LogP contribution >= 0.6 is 0 Å². The maximum Gasteiger partial charge on any atom is 0.490 e. The van der Waals surface area contributed by atoms with Crippen molar-refractivity contribution in [3.63, 3.8) is 0 Å². The molecule has 7 heteroatoms. The smallest absolute Gasteiger partial charge is 0.490 e. The predicted octanol–water partition coefficient (Wildman–Crippen LogP) is -0.212. The van der Waals surface area contributed by atoms with Crippen molar-refractivity contribution in [3.05, 3.63) is 12.2 Å². The summed E-state index contributed by atoms with van der Waals surface area (Å²) in [4.78, 5) is 20.0. The number of alkyl halides is 3. The Morgan fingerprint density at radius 3 is 2.21 bits per heavy atom. The van der Waals surface area contributed by atoms with Crippen LogP contribution in [0.15, 0.2) is 12.2 Å². The number of carboxylic acids is 1. The Bertz CT molecular complexity index is 256. The molecule has 0 rings (SSSR count). The largest absolute Gasteiger partial charge is 0.550 e. The first-order valence-electron chi connectivity index (χ1n) is 3.34. The van der Waals surface area contributed by atoms with Gasteiger partial charge in [-0.25, -0.2) is 4.79 Å². The van der Waals surface area contributed by atoms with Crippen molar-refractivity contribution in [2.75, 3.05) is 6.61 Å². The average molecular weight is 211 g/mol. The van der Waals surface area contributed by atoms with E-state index in [1.807, 2.05) is 0 Å². The quantitative estimate of drug-likeness (QED) is 0.476. The standard InChI is InChI=1S/C7H7F3O4/c1-4(2-5(11)12)3-14-6(13)7(8,9)10/h1-3H2,(H,11,12)/p-1. The summed E-state index contributed by atoms with van der Waals surface area (Å²) in [6.07, 6.45) is -5.73. The summed E-state index contributed by atoms with van der Waals surface area (Å²) in [6, 6.07) is 0. The molecule has 0 aliphatic rings. The van der Waals surface area contributed by atoms with E-state index in [1.54, 1.807) is 0 Å². The molecule has 0 aromatic heterocycles. The fourth-order valence-corrected chi connectivity index (χ4v) is 0.505. The van der Waals surface area contributed by atoms with Crippen molar-refractivity contribution in [1.29, 1.82) is 0 Å². The first kappa shape index (κ1) is 12.5. The summed E-state index contributed by atoms with van der Waals surface area (Å²) in [6.45, 7) is 2.30. The number of hydrogen-bond donors (Lipinski definition) is 0. The Morgan fingerprint density at radius 1 is 1.36 bits per heavy atom. The van der Waals surface area contributed by atoms with E-state index in [4.69, 9.17) is 0 Å². The van der Waals surface area contributed by atoms with E-state index in [-0.39, 0.29) is 5.57 Å². The first-order valence-corrected chi connectivity index (χ1v) is 3.34. The molecular formula is C7H6F3O4-. The third kappa shape index (κ3) is 5.18. The molecule has 0 aromatic carbocycles. The molecule has 0 amide bonds. The van der Waals surface area contributed by atoms with Gasteiger partial charge in [-0.2, -0.15) is 13.2 Å². The second kappa shape index (κ2) is 4.64. The van der Waals surface area contributed by atoms with Crippen LogP contribution in [0.4, 0.5) is 13.2 Å². The number of carbonyl (C=O) groups is 2. The van der Waals surface area contributed by atoms with Crippen LogP contribution in [-0.2, 0) is 14.3 Å². The number of ether oxygens (including phenoxy) is 1. The Labute approximate surface area is 77.0 Å². The van der Waals surface area contributed by atoms with Crippen molar-refractivity contribution >= 4 is 11.9 Å². The number of esters is 1. The zero-order valence-electron chi connectivity index (χ0n) is 6.89. The third-order valence-corrected chi connectivity index (χ3v) is 1.03. The SMILES string of the molecule is C=C(COC(=O)C(F)(F)F)CC(=O)[O-]. The van der Waals surface area contributed by atoms with Crippen LogP contribution in [-0.4, -0.2) is 24.7 Å². The number of rotatable bonds is 4. The van der Waals surface area contributed by atoms with Crippen LogP contribution in [0.25, 0.3) is 0 Å². The lowest BCUT2D eigenvalue weighted by molar-refractivity contribution is -0.304. The molecule has 0 aliphatic carbocycles. The number of carboxylic acid groups (broad SMARTS) is 1. The minimum Gasteiger partial charge on any atom is -0.550 e. The molecule has 0 aromatic rings. The second-order valence-electron chi connectivity index (χ2n) is 2.37. The molecule has 0 saturated heterocycles. The van der Waals surface area contributed by atoms with Gasteiger partial charge in [-0.15, -0.1) is 0 Å². The zero-order valence-corrected chi connectivity index (χ0v) is 6.89. The third-order valence-electron chi connectivity index (χ3n) is 1.03. The van der Waals surface area contributed by atoms with Gasteiger partial charge in [-0.3, -0.25) is 0 Å². The molecular weight excluding hydrogens is 205 g/mol. The highest BCUT2D eigenvalue weighted by molar-refractivity contribution is 5.76. The van der Waals surface area contributed by atoms with Gasteiger partial charge in [0.2, 0.25) is 0 Å². The normalized spacial score (nSPS) is 10.8. The minimum atomic E-state index is -5.08. The van der Waals surface area contributed by atoms with Crippen LogP contribution in [0.5, 0.6) is 0 Å². The molecule has 0 spiro atoms. The molecule has 0 saturated carbocycles. The van der Waals surface area contributed by atoms with Crippen molar-refractivity contribution in [1.82, 2.24) is 0 Å². The summed E-state index contributed by atoms with van der Waals surface area (Å²) in [5.74, 6) is -3.88. The van der Waals surface area contributed by atoms with Crippen molar-refractivity contribution in [2.24, 2.45) is 0 Å². The van der Waals surface area contributed by atoms with Crippen LogP contribution in [0.1, 0.15) is 6.42 Å². The number of aliphatic carboxylic acids is 1. The minimum absolute atomic E-state index is 0.178. The number of carbonyl (C=O) groups excluding carboxylic acids is 2. The van der Waals surface area contributed by atoms with Gasteiger partial charge in [-0.05, 0) is 5.57 Å². The Kier molecular flexibility index (Phi) is 4.13. The Hall–Kier alpha value is -1.53. The maximum atomic E-state index is 11.5. The fraction of sp³-hybridized carbons (Fsp3) is 0.429. The summed E-state index contributed by atoms with van der Waals surface area (Å²) in [5.41, 5.74) is -0.178. The van der Waals surface area contributed by atoms with Crippen LogP contribution in [0, 0.1) is 0 Å². The zero-order chi connectivity index (χ0) is 11.4. The lowest BCUT2D eigenvalue weighted by Gasteiger charge is -2.09. The molecule has 0 N–H and O–H groups in total. The topological polar surface area (TPSA) is 66.4 Å². The van der Waals surface area contributed by atoms with Gasteiger partial charge in [0.05, 0.1) is 0 Å². The van der Waals surface area contributed by atoms with Crippen LogP contribution < -0.4 is 5.11 Å². The fourth-order valence-electron chi connectivity index (χ4n) is 0.505. The van der Waals surface area contributed by atoms with E-state index in [9.17, 15) is 27.9 Å². The second-order valence-corrected chi connectivity index (χ2v) is 2.37. The Balaban J connectivity index is 3.90. The van der Waals surface area contributed by atoms with Gasteiger partial charge in [0, 0.05) is 12.4 Å². The van der Waals surface area contributed by atoms with E-state index < -0.39 is 31.1 Å². The Morgan fingerprint density at radius 2 is 1.86 bits per heavy atom. The number of hydrogen-bond acceptors (Lipinski definition) is 4. The van der Waals surface area contributed by atoms with Gasteiger partial charge in [0.15, 0.2) is 0 Å². The highest BCUT2D eigenvalue weighted by atomic mass is 19.4. The van der Waals surface area contributed by atoms with E-state index in [0.717, 1.165) is 0 Å². The lowest BCUT2D eigenvalue weighted by atomic mass is 10.2. The number of halogens is 3. The maximum absolute atomic E-state index is 11.5. The van der Waals surface area contributed by atoms with Gasteiger partial charge >= 0.3 is 12.1 Å². The highest BCUT2D eigenvalue weighted by Gasteiger charge is 2.40. The molecule has 4 nitrogen and oxygen atoms in total. The summed E-state index contributed by atoms with van der Waals surface area (Å²) in [7, 11) is 0. The summed E-state index contributed by atoms with van der Waals surface area (Å²) >= 11 is 0. The molecule has 0 heterocycles. The molecule has 0 aliphatic heterocycles. The van der Waals surface area contributed by atoms with Crippen molar-refractivity contribution in [3.8, 4) is 0 Å². The monoisotopic (exact) mass is 211 g/mol. The first-order chi connectivity index (χ1) is 6.23. The van der Waals surface area contributed by atoms with Crippen molar-refractivity contribution in [2.45, 2.75) is 12.6 Å². The predicted molar refractivity (Wildman–Crippen MR) is 35.8 cm³/mol. The van der Waals surface area contributed by atoms with Gasteiger partial charge in [0.25, 0.3) is 0 Å².